The van der Waals surface area contributed by atoms with E-state index in [2.05, 4.69) is 5.32 Å². The average molecular weight is 375 g/mol. The summed E-state index contributed by atoms with van der Waals surface area (Å²) in [6.45, 7) is 1.61. The molecule has 126 valence electrons. The number of rotatable bonds is 2. The number of benzene rings is 2. The predicted molar refractivity (Wildman–Crippen MR) is 98.8 cm³/mol. The number of carbonyl (C=O) groups excluding carboxylic acids is 2. The largest absolute Gasteiger partial charge is 0.298 e. The van der Waals surface area contributed by atoms with E-state index in [1.165, 1.54) is 23.1 Å². The fourth-order valence-corrected chi connectivity index (χ4v) is 2.81. The van der Waals surface area contributed by atoms with Crippen LogP contribution >= 0.6 is 23.8 Å². The molecule has 1 saturated heterocycles. The second-order valence-corrected chi connectivity index (χ2v) is 6.27. The molecule has 2 amide bonds. The molecule has 0 atom stereocenters. The van der Waals surface area contributed by atoms with Crippen molar-refractivity contribution in [3.63, 3.8) is 0 Å². The highest BCUT2D eigenvalue weighted by molar-refractivity contribution is 7.80. The van der Waals surface area contributed by atoms with Crippen LogP contribution in [-0.4, -0.2) is 16.9 Å². The lowest BCUT2D eigenvalue weighted by molar-refractivity contribution is -0.122. The van der Waals surface area contributed by atoms with E-state index in [9.17, 15) is 14.0 Å². The van der Waals surface area contributed by atoms with Gasteiger partial charge in [-0.25, -0.2) is 4.39 Å². The summed E-state index contributed by atoms with van der Waals surface area (Å²) in [7, 11) is 0. The quantitative estimate of drug-likeness (QED) is 0.496. The summed E-state index contributed by atoms with van der Waals surface area (Å²) in [5, 5.41) is 3.00. The van der Waals surface area contributed by atoms with Gasteiger partial charge in [0.15, 0.2) is 5.11 Å². The predicted octanol–water partition coefficient (Wildman–Crippen LogP) is 3.62. The molecular weight excluding hydrogens is 363 g/mol. The molecule has 0 aliphatic carbocycles. The minimum atomic E-state index is -0.595. The Morgan fingerprint density at radius 3 is 2.48 bits per heavy atom. The lowest BCUT2D eigenvalue weighted by Crippen LogP contribution is -2.54. The van der Waals surface area contributed by atoms with Crippen molar-refractivity contribution in [3.8, 4) is 0 Å². The van der Waals surface area contributed by atoms with Gasteiger partial charge in [-0.3, -0.25) is 19.8 Å². The van der Waals surface area contributed by atoms with Gasteiger partial charge in [-0.1, -0.05) is 17.7 Å². The van der Waals surface area contributed by atoms with Crippen LogP contribution in [0.25, 0.3) is 6.08 Å². The van der Waals surface area contributed by atoms with Crippen molar-refractivity contribution < 1.29 is 14.0 Å². The molecule has 0 spiro atoms. The molecule has 1 heterocycles. The van der Waals surface area contributed by atoms with E-state index in [1.54, 1.807) is 37.3 Å². The van der Waals surface area contributed by atoms with Crippen LogP contribution in [0.3, 0.4) is 0 Å². The summed E-state index contributed by atoms with van der Waals surface area (Å²) in [6, 6.07) is 10.8. The number of halogens is 2. The maximum absolute atomic E-state index is 13.4. The maximum Gasteiger partial charge on any atom is 0.270 e. The SMILES string of the molecule is Cc1cc(C=C2C(=O)NC(=S)N(c3ccc(Cl)cc3)C2=O)ccc1F. The van der Waals surface area contributed by atoms with E-state index in [-0.39, 0.29) is 16.5 Å². The van der Waals surface area contributed by atoms with Gasteiger partial charge in [0.1, 0.15) is 11.4 Å². The molecule has 1 aliphatic rings. The van der Waals surface area contributed by atoms with Crippen LogP contribution in [0, 0.1) is 12.7 Å². The van der Waals surface area contributed by atoms with Crippen molar-refractivity contribution in [2.24, 2.45) is 0 Å². The third-order valence-corrected chi connectivity index (χ3v) is 4.22. The zero-order chi connectivity index (χ0) is 18.1. The summed E-state index contributed by atoms with van der Waals surface area (Å²) in [5.74, 6) is -1.51. The molecule has 1 aliphatic heterocycles. The van der Waals surface area contributed by atoms with Gasteiger partial charge in [-0.2, -0.15) is 0 Å². The van der Waals surface area contributed by atoms with Gasteiger partial charge in [0.05, 0.1) is 5.69 Å². The van der Waals surface area contributed by atoms with Gasteiger partial charge in [-0.15, -0.1) is 0 Å². The number of nitrogens with zero attached hydrogens (tertiary/aromatic N) is 1. The molecule has 1 fully saturated rings. The molecule has 1 N–H and O–H groups in total. The monoisotopic (exact) mass is 374 g/mol. The van der Waals surface area contributed by atoms with Gasteiger partial charge in [-0.05, 0) is 72.7 Å². The van der Waals surface area contributed by atoms with Gasteiger partial charge in [0.2, 0.25) is 0 Å². The number of nitrogens with one attached hydrogen (secondary N) is 1. The Balaban J connectivity index is 2.01. The summed E-state index contributed by atoms with van der Waals surface area (Å²) in [6.07, 6.45) is 1.41. The van der Waals surface area contributed by atoms with Gasteiger partial charge >= 0.3 is 0 Å². The normalized spacial score (nSPS) is 16.4. The summed E-state index contributed by atoms with van der Waals surface area (Å²) >= 11 is 11.0. The molecule has 2 aromatic rings. The first-order chi connectivity index (χ1) is 11.9. The number of thiocarbonyl (C=S) groups is 1. The van der Waals surface area contributed by atoms with Crippen LogP contribution in [0.5, 0.6) is 0 Å². The fraction of sp³-hybridized carbons (Fsp3) is 0.0556. The van der Waals surface area contributed by atoms with E-state index in [0.717, 1.165) is 0 Å². The van der Waals surface area contributed by atoms with Gasteiger partial charge in [0, 0.05) is 5.02 Å². The van der Waals surface area contributed by atoms with E-state index in [4.69, 9.17) is 23.8 Å². The first-order valence-corrected chi connectivity index (χ1v) is 8.08. The summed E-state index contributed by atoms with van der Waals surface area (Å²) < 4.78 is 13.4. The Morgan fingerprint density at radius 1 is 1.16 bits per heavy atom. The van der Waals surface area contributed by atoms with Crippen molar-refractivity contribution in [3.05, 3.63) is 70.0 Å². The molecule has 0 aromatic heterocycles. The number of hydrogen-bond acceptors (Lipinski definition) is 3. The Kier molecular flexibility index (Phi) is 4.65. The van der Waals surface area contributed by atoms with E-state index < -0.39 is 11.8 Å². The number of carbonyl (C=O) groups is 2. The van der Waals surface area contributed by atoms with Gasteiger partial charge in [0.25, 0.3) is 11.8 Å². The highest BCUT2D eigenvalue weighted by atomic mass is 35.5. The van der Waals surface area contributed by atoms with E-state index in [1.807, 2.05) is 0 Å². The van der Waals surface area contributed by atoms with Crippen molar-refractivity contribution in [2.45, 2.75) is 6.92 Å². The Morgan fingerprint density at radius 2 is 1.84 bits per heavy atom. The lowest BCUT2D eigenvalue weighted by atomic mass is 10.0. The molecule has 0 bridgehead atoms. The third-order valence-electron chi connectivity index (χ3n) is 3.68. The van der Waals surface area contributed by atoms with Gasteiger partial charge < -0.3 is 0 Å². The average Bonchev–Trinajstić information content (AvgIpc) is 2.56. The molecule has 0 unspecified atom stereocenters. The lowest BCUT2D eigenvalue weighted by Gasteiger charge is -2.29. The molecule has 3 rings (SSSR count). The standard InChI is InChI=1S/C18H12ClFN2O2S/c1-10-8-11(2-7-15(10)20)9-14-16(23)21-18(25)22(17(14)24)13-5-3-12(19)4-6-13/h2-9H,1H3,(H,21,23,25). The van der Waals surface area contributed by atoms with Crippen LogP contribution in [0.2, 0.25) is 5.02 Å². The minimum Gasteiger partial charge on any atom is -0.298 e. The number of hydrogen-bond donors (Lipinski definition) is 1. The molecule has 0 radical (unpaired) electrons. The van der Waals surface area contributed by atoms with Crippen LogP contribution in [-0.2, 0) is 9.59 Å². The zero-order valence-corrected chi connectivity index (χ0v) is 14.6. The van der Waals surface area contributed by atoms with Crippen molar-refractivity contribution >= 4 is 52.5 Å². The first kappa shape index (κ1) is 17.3. The number of amides is 2. The molecule has 7 heteroatoms. The second-order valence-electron chi connectivity index (χ2n) is 5.44. The highest BCUT2D eigenvalue weighted by Crippen LogP contribution is 2.24. The fourth-order valence-electron chi connectivity index (χ4n) is 2.41. The molecule has 25 heavy (non-hydrogen) atoms. The van der Waals surface area contributed by atoms with Crippen molar-refractivity contribution in [1.82, 2.24) is 5.32 Å². The van der Waals surface area contributed by atoms with E-state index in [0.29, 0.717) is 21.8 Å². The topological polar surface area (TPSA) is 49.4 Å². The second kappa shape index (κ2) is 6.74. The van der Waals surface area contributed by atoms with Crippen molar-refractivity contribution in [2.75, 3.05) is 4.90 Å². The minimum absolute atomic E-state index is 0.00948. The Labute approximate surface area is 153 Å². The van der Waals surface area contributed by atoms with E-state index >= 15 is 0 Å². The first-order valence-electron chi connectivity index (χ1n) is 7.30. The van der Waals surface area contributed by atoms with Crippen LogP contribution in [0.4, 0.5) is 10.1 Å². The van der Waals surface area contributed by atoms with Crippen LogP contribution < -0.4 is 10.2 Å². The summed E-state index contributed by atoms with van der Waals surface area (Å²) in [5.41, 5.74) is 1.36. The third kappa shape index (κ3) is 3.45. The molecule has 0 saturated carbocycles. The molecule has 2 aromatic carbocycles. The number of aryl methyl sites for hydroxylation is 1. The summed E-state index contributed by atoms with van der Waals surface area (Å²) in [4.78, 5) is 26.2. The Bertz CT molecular complexity index is 925. The van der Waals surface area contributed by atoms with Crippen LogP contribution in [0.1, 0.15) is 11.1 Å². The molecule has 4 nitrogen and oxygen atoms in total. The zero-order valence-electron chi connectivity index (χ0n) is 13.0. The highest BCUT2D eigenvalue weighted by Gasteiger charge is 2.34. The number of anilines is 1. The smallest absolute Gasteiger partial charge is 0.270 e. The molecular formula is C18H12ClFN2O2S. The van der Waals surface area contributed by atoms with Crippen molar-refractivity contribution in [1.29, 1.82) is 0 Å². The Hall–Kier alpha value is -2.57. The maximum atomic E-state index is 13.4. The van der Waals surface area contributed by atoms with Crippen LogP contribution in [0.15, 0.2) is 48.0 Å².